The van der Waals surface area contributed by atoms with Gasteiger partial charge in [-0.15, -0.1) is 0 Å². The van der Waals surface area contributed by atoms with Gasteiger partial charge in [-0.1, -0.05) is 82.7 Å². The first-order valence-corrected chi connectivity index (χ1v) is 10.1. The molecular formula is C24H17BrN2O2. The molecule has 5 heteroatoms. The molecule has 0 N–H and O–H groups in total. The molecule has 1 atom stereocenters. The molecule has 1 saturated heterocycles. The van der Waals surface area contributed by atoms with E-state index in [4.69, 9.17) is 4.84 Å². The first kappa shape index (κ1) is 17.8. The van der Waals surface area contributed by atoms with Crippen molar-refractivity contribution < 1.29 is 9.63 Å². The maximum Gasteiger partial charge on any atom is 0.441 e. The number of halogens is 1. The lowest BCUT2D eigenvalue weighted by Crippen LogP contribution is -2.31. The van der Waals surface area contributed by atoms with Crippen molar-refractivity contribution in [3.63, 3.8) is 0 Å². The third-order valence-corrected chi connectivity index (χ3v) is 5.57. The molecule has 29 heavy (non-hydrogen) atoms. The van der Waals surface area contributed by atoms with Crippen molar-refractivity contribution in [3.8, 4) is 0 Å². The van der Waals surface area contributed by atoms with Crippen LogP contribution in [0.3, 0.4) is 0 Å². The minimum absolute atomic E-state index is 0.405. The summed E-state index contributed by atoms with van der Waals surface area (Å²) in [5.74, 6) is 0. The van der Waals surface area contributed by atoms with Gasteiger partial charge < -0.3 is 4.84 Å². The number of para-hydroxylation sites is 1. The zero-order valence-corrected chi connectivity index (χ0v) is 17.0. The lowest BCUT2D eigenvalue weighted by Gasteiger charge is -2.28. The van der Waals surface area contributed by atoms with Gasteiger partial charge >= 0.3 is 6.09 Å². The molecule has 0 saturated carbocycles. The molecule has 5 rings (SSSR count). The highest BCUT2D eigenvalue weighted by atomic mass is 79.9. The average Bonchev–Trinajstić information content (AvgIpc) is 3.11. The molecule has 1 amide bonds. The number of carbonyl (C=O) groups excluding carboxylic acids is 1. The highest BCUT2D eigenvalue weighted by molar-refractivity contribution is 9.10. The van der Waals surface area contributed by atoms with E-state index in [0.717, 1.165) is 32.2 Å². The molecule has 1 aliphatic rings. The van der Waals surface area contributed by atoms with Crippen molar-refractivity contribution in [1.29, 1.82) is 0 Å². The lowest BCUT2D eigenvalue weighted by atomic mass is 10.1. The number of carbonyl (C=O) groups is 1. The number of amides is 1. The molecule has 142 valence electrons. The normalized spacial score (nSPS) is 16.3. The third-order valence-electron chi connectivity index (χ3n) is 5.04. The van der Waals surface area contributed by atoms with Crippen molar-refractivity contribution in [1.82, 2.24) is 0 Å². The lowest BCUT2D eigenvalue weighted by molar-refractivity contribution is 0.164. The molecule has 0 aliphatic carbocycles. The molecule has 1 aliphatic heterocycles. The van der Waals surface area contributed by atoms with Crippen molar-refractivity contribution >= 4 is 44.2 Å². The van der Waals surface area contributed by atoms with Crippen LogP contribution in [0.25, 0.3) is 10.8 Å². The Labute approximate surface area is 177 Å². The highest BCUT2D eigenvalue weighted by Gasteiger charge is 2.43. The molecule has 1 fully saturated rings. The number of anilines is 2. The van der Waals surface area contributed by atoms with E-state index in [-0.39, 0.29) is 0 Å². The monoisotopic (exact) mass is 444 g/mol. The van der Waals surface area contributed by atoms with Gasteiger partial charge in [-0.05, 0) is 41.3 Å². The van der Waals surface area contributed by atoms with Crippen molar-refractivity contribution in [2.45, 2.75) is 6.17 Å². The molecule has 0 spiro atoms. The summed E-state index contributed by atoms with van der Waals surface area (Å²) in [7, 11) is 0. The van der Waals surface area contributed by atoms with Crippen LogP contribution in [-0.2, 0) is 4.84 Å². The number of nitrogens with zero attached hydrogens (tertiary/aromatic N) is 2. The summed E-state index contributed by atoms with van der Waals surface area (Å²) in [5.41, 5.74) is 2.59. The maximum absolute atomic E-state index is 13.1. The highest BCUT2D eigenvalue weighted by Crippen LogP contribution is 2.42. The number of hydrogen-bond donors (Lipinski definition) is 0. The zero-order valence-electron chi connectivity index (χ0n) is 15.4. The van der Waals surface area contributed by atoms with Crippen LogP contribution >= 0.6 is 15.9 Å². The van der Waals surface area contributed by atoms with E-state index >= 15 is 0 Å². The minimum Gasteiger partial charge on any atom is -0.319 e. The topological polar surface area (TPSA) is 32.8 Å². The zero-order chi connectivity index (χ0) is 19.8. The Hall–Kier alpha value is -3.31. The van der Waals surface area contributed by atoms with Gasteiger partial charge in [0.1, 0.15) is 0 Å². The Morgan fingerprint density at radius 2 is 1.45 bits per heavy atom. The van der Waals surface area contributed by atoms with E-state index in [1.165, 1.54) is 0 Å². The van der Waals surface area contributed by atoms with Gasteiger partial charge in [0.2, 0.25) is 0 Å². The quantitative estimate of drug-likeness (QED) is 0.353. The Kier molecular flexibility index (Phi) is 4.45. The maximum atomic E-state index is 13.1. The number of rotatable bonds is 3. The van der Waals surface area contributed by atoms with Crippen LogP contribution in [0, 0.1) is 0 Å². The molecule has 1 unspecified atom stereocenters. The predicted octanol–water partition coefficient (Wildman–Crippen LogP) is 6.68. The molecule has 4 aromatic rings. The fraction of sp³-hybridized carbons (Fsp3) is 0.0417. The van der Waals surface area contributed by atoms with E-state index in [0.29, 0.717) is 0 Å². The molecule has 0 bridgehead atoms. The van der Waals surface area contributed by atoms with Gasteiger partial charge in [0.15, 0.2) is 6.17 Å². The van der Waals surface area contributed by atoms with Crippen LogP contribution in [-0.4, -0.2) is 6.09 Å². The Bertz CT molecular complexity index is 1170. The second kappa shape index (κ2) is 7.26. The Morgan fingerprint density at radius 1 is 0.759 bits per heavy atom. The van der Waals surface area contributed by atoms with Crippen LogP contribution in [0.2, 0.25) is 0 Å². The largest absolute Gasteiger partial charge is 0.441 e. The fourth-order valence-corrected chi connectivity index (χ4v) is 3.98. The van der Waals surface area contributed by atoms with Crippen molar-refractivity contribution in [2.24, 2.45) is 0 Å². The number of fused-ring (bicyclic) bond motifs is 1. The van der Waals surface area contributed by atoms with E-state index in [1.54, 1.807) is 9.96 Å². The Morgan fingerprint density at radius 3 is 2.24 bits per heavy atom. The predicted molar refractivity (Wildman–Crippen MR) is 119 cm³/mol. The first-order valence-electron chi connectivity index (χ1n) is 9.31. The number of hydroxylamine groups is 1. The van der Waals surface area contributed by atoms with Gasteiger partial charge in [-0.2, -0.15) is 5.06 Å². The minimum atomic E-state index is -0.427. The number of benzene rings is 4. The Balaban J connectivity index is 1.70. The van der Waals surface area contributed by atoms with Crippen LogP contribution in [0.4, 0.5) is 16.2 Å². The van der Waals surface area contributed by atoms with E-state index in [1.807, 2.05) is 97.1 Å². The molecule has 4 nitrogen and oxygen atoms in total. The number of hydrogen-bond acceptors (Lipinski definition) is 3. The van der Waals surface area contributed by atoms with Gasteiger partial charge in [0, 0.05) is 9.86 Å². The molecular weight excluding hydrogens is 428 g/mol. The van der Waals surface area contributed by atoms with E-state index in [2.05, 4.69) is 15.9 Å². The molecule has 1 heterocycles. The molecule has 4 aromatic carbocycles. The van der Waals surface area contributed by atoms with Gasteiger partial charge in [-0.25, -0.2) is 9.69 Å². The summed E-state index contributed by atoms with van der Waals surface area (Å²) in [6.45, 7) is 0. The van der Waals surface area contributed by atoms with Crippen LogP contribution in [0.5, 0.6) is 0 Å². The first-order chi connectivity index (χ1) is 14.2. The summed E-state index contributed by atoms with van der Waals surface area (Å²) in [6.07, 6.45) is -0.832. The smallest absolute Gasteiger partial charge is 0.319 e. The fourth-order valence-electron chi connectivity index (χ4n) is 3.72. The SMILES string of the molecule is O=C1ON(c2ccccc2)C(c2ccc(Br)cc2)N1c1cccc2ccccc12. The van der Waals surface area contributed by atoms with E-state index in [9.17, 15) is 4.79 Å². The van der Waals surface area contributed by atoms with Crippen molar-refractivity contribution in [2.75, 3.05) is 9.96 Å². The van der Waals surface area contributed by atoms with Gasteiger partial charge in [-0.3, -0.25) is 0 Å². The van der Waals surface area contributed by atoms with Crippen molar-refractivity contribution in [3.05, 3.63) is 107 Å². The molecule has 0 aromatic heterocycles. The summed E-state index contributed by atoms with van der Waals surface area (Å²) in [6, 6.07) is 31.7. The summed E-state index contributed by atoms with van der Waals surface area (Å²) in [5, 5.41) is 3.75. The standard InChI is InChI=1S/C24H17BrN2O2/c25-19-15-13-18(14-16-19)23-26(22-12-6-8-17-7-4-5-11-21(17)22)24(28)29-27(23)20-9-2-1-3-10-20/h1-16,23H. The van der Waals surface area contributed by atoms with Gasteiger partial charge in [0.25, 0.3) is 0 Å². The average molecular weight is 445 g/mol. The van der Waals surface area contributed by atoms with Crippen LogP contribution < -0.4 is 9.96 Å². The summed E-state index contributed by atoms with van der Waals surface area (Å²) >= 11 is 3.49. The van der Waals surface area contributed by atoms with Crippen LogP contribution in [0.1, 0.15) is 11.7 Å². The summed E-state index contributed by atoms with van der Waals surface area (Å²) in [4.78, 5) is 20.6. The van der Waals surface area contributed by atoms with Crippen LogP contribution in [0.15, 0.2) is 102 Å². The molecule has 0 radical (unpaired) electrons. The third kappa shape index (κ3) is 3.13. The second-order valence-electron chi connectivity index (χ2n) is 6.81. The summed E-state index contributed by atoms with van der Waals surface area (Å²) < 4.78 is 0.981. The van der Waals surface area contributed by atoms with E-state index < -0.39 is 12.3 Å². The second-order valence-corrected chi connectivity index (χ2v) is 7.73. The van der Waals surface area contributed by atoms with Gasteiger partial charge in [0.05, 0.1) is 11.4 Å².